The van der Waals surface area contributed by atoms with Crippen LogP contribution in [0.5, 0.6) is 11.5 Å². The lowest BCUT2D eigenvalue weighted by atomic mass is 10.1. The van der Waals surface area contributed by atoms with Crippen LogP contribution in [0.4, 0.5) is 5.69 Å². The van der Waals surface area contributed by atoms with Gasteiger partial charge in [0.25, 0.3) is 11.8 Å². The van der Waals surface area contributed by atoms with Gasteiger partial charge >= 0.3 is 0 Å². The Morgan fingerprint density at radius 1 is 0.962 bits per heavy atom. The van der Waals surface area contributed by atoms with Gasteiger partial charge in [0.2, 0.25) is 0 Å². The second-order valence-corrected chi connectivity index (χ2v) is 5.58. The van der Waals surface area contributed by atoms with Crippen molar-refractivity contribution in [3.8, 4) is 11.5 Å². The normalized spacial score (nSPS) is 10.2. The molecule has 6 heteroatoms. The summed E-state index contributed by atoms with van der Waals surface area (Å²) in [5, 5.41) is 2.82. The van der Waals surface area contributed by atoms with Gasteiger partial charge in [0.15, 0.2) is 0 Å². The molecule has 2 amide bonds. The molecule has 0 aliphatic carbocycles. The van der Waals surface area contributed by atoms with Crippen molar-refractivity contribution in [2.45, 2.75) is 13.8 Å². The molecule has 0 radical (unpaired) electrons. The molecule has 138 valence electrons. The molecule has 0 aliphatic rings. The van der Waals surface area contributed by atoms with Crippen molar-refractivity contribution < 1.29 is 19.1 Å². The van der Waals surface area contributed by atoms with E-state index in [-0.39, 0.29) is 11.8 Å². The predicted octanol–water partition coefficient (Wildman–Crippen LogP) is 3.44. The van der Waals surface area contributed by atoms with Crippen LogP contribution in [0.15, 0.2) is 42.5 Å². The summed E-state index contributed by atoms with van der Waals surface area (Å²) < 4.78 is 10.4. The Hall–Kier alpha value is -3.02. The Kier molecular flexibility index (Phi) is 6.60. The number of nitrogens with one attached hydrogen (secondary N) is 1. The number of anilines is 1. The molecule has 0 aliphatic heterocycles. The molecule has 0 atom stereocenters. The minimum atomic E-state index is -0.345. The standard InChI is InChI=1S/C20H24N2O4/c1-5-22(6-2)20(24)17-9-7-8-10-18(17)21-19(23)14-11-15(25-3)13-16(12-14)26-4/h7-13H,5-6H2,1-4H3,(H,21,23). The van der Waals surface area contributed by atoms with E-state index < -0.39 is 0 Å². The van der Waals surface area contributed by atoms with Crippen LogP contribution in [0.1, 0.15) is 34.6 Å². The number of carbonyl (C=O) groups excluding carboxylic acids is 2. The molecular weight excluding hydrogens is 332 g/mol. The van der Waals surface area contributed by atoms with Crippen LogP contribution >= 0.6 is 0 Å². The SMILES string of the molecule is CCN(CC)C(=O)c1ccccc1NC(=O)c1cc(OC)cc(OC)c1. The highest BCUT2D eigenvalue weighted by Gasteiger charge is 2.18. The van der Waals surface area contributed by atoms with Gasteiger partial charge in [-0.05, 0) is 38.1 Å². The number of rotatable bonds is 7. The molecule has 26 heavy (non-hydrogen) atoms. The highest BCUT2D eigenvalue weighted by Crippen LogP contribution is 2.24. The van der Waals surface area contributed by atoms with Crippen molar-refractivity contribution in [3.05, 3.63) is 53.6 Å². The van der Waals surface area contributed by atoms with Gasteiger partial charge in [0.05, 0.1) is 25.5 Å². The molecule has 0 unspecified atom stereocenters. The Balaban J connectivity index is 2.32. The number of ether oxygens (including phenoxy) is 2. The van der Waals surface area contributed by atoms with Crippen LogP contribution in [0.2, 0.25) is 0 Å². The average Bonchev–Trinajstić information content (AvgIpc) is 2.68. The average molecular weight is 356 g/mol. The number of nitrogens with zero attached hydrogens (tertiary/aromatic N) is 1. The lowest BCUT2D eigenvalue weighted by Crippen LogP contribution is -2.31. The van der Waals surface area contributed by atoms with E-state index in [1.165, 1.54) is 14.2 Å². The van der Waals surface area contributed by atoms with Gasteiger partial charge in [-0.15, -0.1) is 0 Å². The van der Waals surface area contributed by atoms with Gasteiger partial charge in [-0.3, -0.25) is 9.59 Å². The predicted molar refractivity (Wildman–Crippen MR) is 101 cm³/mol. The molecule has 0 spiro atoms. The summed E-state index contributed by atoms with van der Waals surface area (Å²) in [6.45, 7) is 5.05. The first-order valence-electron chi connectivity index (χ1n) is 8.46. The summed E-state index contributed by atoms with van der Waals surface area (Å²) >= 11 is 0. The molecule has 2 rings (SSSR count). The zero-order valence-electron chi connectivity index (χ0n) is 15.5. The van der Waals surface area contributed by atoms with E-state index in [9.17, 15) is 9.59 Å². The summed E-state index contributed by atoms with van der Waals surface area (Å²) in [5.74, 6) is 0.570. The van der Waals surface area contributed by atoms with Gasteiger partial charge in [0.1, 0.15) is 11.5 Å². The fraction of sp³-hybridized carbons (Fsp3) is 0.300. The fourth-order valence-corrected chi connectivity index (χ4v) is 2.59. The van der Waals surface area contributed by atoms with Crippen molar-refractivity contribution >= 4 is 17.5 Å². The molecule has 0 saturated heterocycles. The Morgan fingerprint density at radius 2 is 1.54 bits per heavy atom. The lowest BCUT2D eigenvalue weighted by molar-refractivity contribution is 0.0774. The fourth-order valence-electron chi connectivity index (χ4n) is 2.59. The zero-order chi connectivity index (χ0) is 19.1. The number of benzene rings is 2. The molecule has 6 nitrogen and oxygen atoms in total. The molecule has 0 saturated carbocycles. The lowest BCUT2D eigenvalue weighted by Gasteiger charge is -2.20. The van der Waals surface area contributed by atoms with E-state index >= 15 is 0 Å². The first-order valence-corrected chi connectivity index (χ1v) is 8.46. The van der Waals surface area contributed by atoms with Gasteiger partial charge in [0, 0.05) is 24.7 Å². The van der Waals surface area contributed by atoms with Crippen LogP contribution < -0.4 is 14.8 Å². The van der Waals surface area contributed by atoms with Crippen LogP contribution in [0.25, 0.3) is 0 Å². The molecule has 0 heterocycles. The van der Waals surface area contributed by atoms with Crippen LogP contribution in [-0.2, 0) is 0 Å². The van der Waals surface area contributed by atoms with E-state index in [0.717, 1.165) is 0 Å². The number of amides is 2. The van der Waals surface area contributed by atoms with E-state index in [1.54, 1.807) is 47.4 Å². The van der Waals surface area contributed by atoms with E-state index in [1.807, 2.05) is 13.8 Å². The highest BCUT2D eigenvalue weighted by molar-refractivity contribution is 6.09. The quantitative estimate of drug-likeness (QED) is 0.825. The maximum Gasteiger partial charge on any atom is 0.255 e. The molecule has 0 fully saturated rings. The highest BCUT2D eigenvalue weighted by atomic mass is 16.5. The monoisotopic (exact) mass is 356 g/mol. The third kappa shape index (κ3) is 4.33. The first-order chi connectivity index (χ1) is 12.5. The van der Waals surface area contributed by atoms with Gasteiger partial charge in [-0.25, -0.2) is 0 Å². The summed E-state index contributed by atoms with van der Waals surface area (Å²) in [5.41, 5.74) is 1.31. The maximum atomic E-state index is 12.7. The molecule has 1 N–H and O–H groups in total. The van der Waals surface area contributed by atoms with Crippen LogP contribution in [0, 0.1) is 0 Å². The van der Waals surface area contributed by atoms with E-state index in [0.29, 0.717) is 41.4 Å². The van der Waals surface area contributed by atoms with E-state index in [2.05, 4.69) is 5.32 Å². The molecular formula is C20H24N2O4. The zero-order valence-corrected chi connectivity index (χ0v) is 15.5. The second kappa shape index (κ2) is 8.89. The Labute approximate surface area is 153 Å². The topological polar surface area (TPSA) is 67.9 Å². The van der Waals surface area contributed by atoms with Crippen molar-refractivity contribution in [2.75, 3.05) is 32.6 Å². The van der Waals surface area contributed by atoms with Gasteiger partial charge in [-0.2, -0.15) is 0 Å². The molecule has 0 aromatic heterocycles. The summed E-state index contributed by atoms with van der Waals surface area (Å²) in [6.07, 6.45) is 0. The Morgan fingerprint density at radius 3 is 2.08 bits per heavy atom. The van der Waals surface area contributed by atoms with E-state index in [4.69, 9.17) is 9.47 Å². The van der Waals surface area contributed by atoms with Gasteiger partial charge in [-0.1, -0.05) is 12.1 Å². The Bertz CT molecular complexity index is 763. The van der Waals surface area contributed by atoms with Crippen molar-refractivity contribution in [3.63, 3.8) is 0 Å². The maximum absolute atomic E-state index is 12.7. The largest absolute Gasteiger partial charge is 0.497 e. The minimum absolute atomic E-state index is 0.117. The third-order valence-electron chi connectivity index (χ3n) is 4.07. The minimum Gasteiger partial charge on any atom is -0.497 e. The summed E-state index contributed by atoms with van der Waals surface area (Å²) in [7, 11) is 3.04. The number of hydrogen-bond donors (Lipinski definition) is 1. The molecule has 2 aromatic carbocycles. The molecule has 0 bridgehead atoms. The summed E-state index contributed by atoms with van der Waals surface area (Å²) in [4.78, 5) is 27.1. The first kappa shape index (κ1) is 19.3. The van der Waals surface area contributed by atoms with Crippen LogP contribution in [0.3, 0.4) is 0 Å². The smallest absolute Gasteiger partial charge is 0.255 e. The van der Waals surface area contributed by atoms with Crippen LogP contribution in [-0.4, -0.2) is 44.0 Å². The number of hydrogen-bond acceptors (Lipinski definition) is 4. The number of methoxy groups -OCH3 is 2. The number of carbonyl (C=O) groups is 2. The van der Waals surface area contributed by atoms with Crippen molar-refractivity contribution in [1.82, 2.24) is 4.90 Å². The van der Waals surface area contributed by atoms with Gasteiger partial charge < -0.3 is 19.7 Å². The second-order valence-electron chi connectivity index (χ2n) is 5.58. The van der Waals surface area contributed by atoms with Crippen molar-refractivity contribution in [2.24, 2.45) is 0 Å². The summed E-state index contributed by atoms with van der Waals surface area (Å²) in [6, 6.07) is 11.9. The third-order valence-corrected chi connectivity index (χ3v) is 4.07. The number of para-hydroxylation sites is 1. The van der Waals surface area contributed by atoms with Crippen molar-refractivity contribution in [1.29, 1.82) is 0 Å². The molecule has 2 aromatic rings.